The average Bonchev–Trinajstić information content (AvgIpc) is 3.10. The topological polar surface area (TPSA) is 188 Å². The van der Waals surface area contributed by atoms with Gasteiger partial charge in [0.05, 0.1) is 24.0 Å². The molecule has 0 saturated carbocycles. The molecule has 0 radical (unpaired) electrons. The van der Waals surface area contributed by atoms with Crippen molar-refractivity contribution in [1.29, 1.82) is 0 Å². The third-order valence-corrected chi connectivity index (χ3v) is 4.01. The van der Waals surface area contributed by atoms with E-state index >= 15 is 0 Å². The first-order valence-corrected chi connectivity index (χ1v) is 9.60. The Kier molecular flexibility index (Phi) is 7.11. The first-order chi connectivity index (χ1) is 14.4. The summed E-state index contributed by atoms with van der Waals surface area (Å²) in [5.41, 5.74) is 17.4. The number of carbonyl (C=O) groups excluding carboxylic acids is 2. The van der Waals surface area contributed by atoms with Gasteiger partial charge >= 0.3 is 0 Å². The normalized spacial score (nSPS) is 13.2. The maximum absolute atomic E-state index is 12.3. The molecule has 166 valence electrons. The van der Waals surface area contributed by atoms with Gasteiger partial charge in [0.1, 0.15) is 22.9 Å². The molecule has 2 aromatic heterocycles. The maximum Gasteiger partial charge on any atom is 0.254 e. The number of hydrogen-bond acceptors (Lipinski definition) is 8. The van der Waals surface area contributed by atoms with Gasteiger partial charge in [0.25, 0.3) is 5.91 Å². The number of carbonyl (C=O) groups is 2. The second-order valence-corrected chi connectivity index (χ2v) is 8.21. The summed E-state index contributed by atoms with van der Waals surface area (Å²) in [6.45, 7) is 9.52. The third-order valence-electron chi connectivity index (χ3n) is 4.01. The average molecular weight is 428 g/mol. The summed E-state index contributed by atoms with van der Waals surface area (Å²) < 4.78 is 5.24. The molecular weight excluding hydrogens is 400 g/mol. The Morgan fingerprint density at radius 1 is 1.16 bits per heavy atom. The molecule has 2 rings (SSSR count). The highest BCUT2D eigenvalue weighted by Gasteiger charge is 2.21. The van der Waals surface area contributed by atoms with E-state index in [0.29, 0.717) is 17.3 Å². The van der Waals surface area contributed by atoms with Crippen molar-refractivity contribution in [2.75, 3.05) is 5.32 Å². The molecular formula is C20H28N8O3. The molecule has 0 aliphatic carbocycles. The van der Waals surface area contributed by atoms with E-state index in [1.54, 1.807) is 19.9 Å². The summed E-state index contributed by atoms with van der Waals surface area (Å²) in [6, 6.07) is 1.52. The van der Waals surface area contributed by atoms with Crippen LogP contribution in [0.1, 0.15) is 51.8 Å². The molecule has 0 bridgehead atoms. The van der Waals surface area contributed by atoms with Gasteiger partial charge in [-0.05, 0) is 13.8 Å². The lowest BCUT2D eigenvalue weighted by Gasteiger charge is -2.12. The summed E-state index contributed by atoms with van der Waals surface area (Å²) in [5.74, 6) is -0.276. The lowest BCUT2D eigenvalue weighted by Crippen LogP contribution is -2.30. The van der Waals surface area contributed by atoms with Crippen molar-refractivity contribution in [2.24, 2.45) is 22.2 Å². The second-order valence-electron chi connectivity index (χ2n) is 8.21. The smallest absolute Gasteiger partial charge is 0.254 e. The van der Waals surface area contributed by atoms with Crippen molar-refractivity contribution in [2.45, 2.75) is 52.5 Å². The first-order valence-electron chi connectivity index (χ1n) is 9.60. The van der Waals surface area contributed by atoms with Crippen molar-refractivity contribution < 1.29 is 14.1 Å². The summed E-state index contributed by atoms with van der Waals surface area (Å²) >= 11 is 0. The van der Waals surface area contributed by atoms with Crippen molar-refractivity contribution in [3.63, 3.8) is 0 Å². The number of amidine groups is 1. The van der Waals surface area contributed by atoms with E-state index in [1.807, 2.05) is 20.8 Å². The van der Waals surface area contributed by atoms with Gasteiger partial charge in [-0.1, -0.05) is 25.9 Å². The number of anilines is 1. The van der Waals surface area contributed by atoms with Gasteiger partial charge in [0, 0.05) is 23.7 Å². The van der Waals surface area contributed by atoms with Crippen LogP contribution in [0.3, 0.4) is 0 Å². The van der Waals surface area contributed by atoms with Gasteiger partial charge in [-0.2, -0.15) is 0 Å². The summed E-state index contributed by atoms with van der Waals surface area (Å²) in [7, 11) is 0. The molecule has 0 fully saturated rings. The van der Waals surface area contributed by atoms with Crippen molar-refractivity contribution >= 4 is 29.2 Å². The molecule has 11 nitrogen and oxygen atoms in total. The predicted molar refractivity (Wildman–Crippen MR) is 117 cm³/mol. The molecule has 2 aromatic rings. The van der Waals surface area contributed by atoms with Crippen LogP contribution >= 0.6 is 0 Å². The minimum atomic E-state index is -0.827. The lowest BCUT2D eigenvalue weighted by atomic mass is 9.93. The van der Waals surface area contributed by atoms with Gasteiger partial charge in [0.2, 0.25) is 5.91 Å². The molecule has 0 aromatic carbocycles. The molecule has 0 aliphatic heterocycles. The fourth-order valence-corrected chi connectivity index (χ4v) is 2.49. The van der Waals surface area contributed by atoms with Crippen LogP contribution in [0.5, 0.6) is 0 Å². The van der Waals surface area contributed by atoms with Gasteiger partial charge < -0.3 is 27.0 Å². The van der Waals surface area contributed by atoms with Gasteiger partial charge in [-0.15, -0.1) is 0 Å². The van der Waals surface area contributed by atoms with Crippen LogP contribution in [0.25, 0.3) is 5.70 Å². The minimum Gasteiger partial charge on any atom is -0.396 e. The zero-order chi connectivity index (χ0) is 23.3. The molecule has 0 saturated heterocycles. The molecule has 0 atom stereocenters. The maximum atomic E-state index is 12.3. The molecule has 2 amide bonds. The number of aliphatic imine (C=N–C) groups is 1. The van der Waals surface area contributed by atoms with Crippen LogP contribution in [0.15, 0.2) is 33.5 Å². The Bertz CT molecular complexity index is 1010. The molecule has 0 aliphatic rings. The Balaban J connectivity index is 2.14. The largest absolute Gasteiger partial charge is 0.396 e. The second kappa shape index (κ2) is 9.37. The SMILES string of the molecule is CC(C)N=C(N)/C(C(N)=O)=C(\N)c1cnc(CC(=O)Nc2cc(C(C)(C)C)on2)cn1. The first kappa shape index (κ1) is 23.5. The van der Waals surface area contributed by atoms with E-state index in [2.05, 4.69) is 25.4 Å². The van der Waals surface area contributed by atoms with Crippen LogP contribution in [0, 0.1) is 0 Å². The van der Waals surface area contributed by atoms with Gasteiger partial charge in [0.15, 0.2) is 5.82 Å². The van der Waals surface area contributed by atoms with Gasteiger partial charge in [-0.25, -0.2) is 0 Å². The van der Waals surface area contributed by atoms with Crippen LogP contribution < -0.4 is 22.5 Å². The van der Waals surface area contributed by atoms with E-state index in [-0.39, 0.29) is 46.6 Å². The monoisotopic (exact) mass is 428 g/mol. The van der Waals surface area contributed by atoms with Crippen molar-refractivity contribution in [1.82, 2.24) is 15.1 Å². The van der Waals surface area contributed by atoms with Gasteiger partial charge in [-0.3, -0.25) is 24.5 Å². The minimum absolute atomic E-state index is 0.0461. The van der Waals surface area contributed by atoms with E-state index < -0.39 is 5.91 Å². The standard InChI is InChI=1S/C20H28N8O3/c1-10(2)26-18(22)16(19(23)30)17(21)12-9-24-11(8-25-12)6-15(29)27-14-7-13(31-28-14)20(3,4)5/h7-10H,6,21H2,1-5H3,(H2,22,26)(H2,23,30)(H,27,28,29)/b17-16+. The zero-order valence-corrected chi connectivity index (χ0v) is 18.3. The Labute approximate surface area is 180 Å². The Morgan fingerprint density at radius 3 is 2.32 bits per heavy atom. The molecule has 11 heteroatoms. The third kappa shape index (κ3) is 6.36. The molecule has 31 heavy (non-hydrogen) atoms. The molecule has 0 unspecified atom stereocenters. The quantitative estimate of drug-likeness (QED) is 0.284. The van der Waals surface area contributed by atoms with E-state index in [4.69, 9.17) is 21.7 Å². The number of nitrogens with two attached hydrogens (primary N) is 3. The van der Waals surface area contributed by atoms with E-state index in [9.17, 15) is 9.59 Å². The highest BCUT2D eigenvalue weighted by atomic mass is 16.5. The fraction of sp³-hybridized carbons (Fsp3) is 0.400. The number of aromatic nitrogens is 3. The van der Waals surface area contributed by atoms with E-state index in [1.165, 1.54) is 12.4 Å². The molecule has 0 spiro atoms. The van der Waals surface area contributed by atoms with E-state index in [0.717, 1.165) is 0 Å². The number of rotatable bonds is 7. The van der Waals surface area contributed by atoms with Crippen LogP contribution in [0.4, 0.5) is 5.82 Å². The van der Waals surface area contributed by atoms with Crippen LogP contribution in [-0.2, 0) is 21.4 Å². The summed E-state index contributed by atoms with van der Waals surface area (Å²) in [6.07, 6.45) is 2.66. The lowest BCUT2D eigenvalue weighted by molar-refractivity contribution is -0.116. The van der Waals surface area contributed by atoms with Crippen molar-refractivity contribution in [3.05, 3.63) is 41.2 Å². The summed E-state index contributed by atoms with van der Waals surface area (Å²) in [4.78, 5) is 36.5. The number of primary amides is 1. The number of nitrogens with one attached hydrogen (secondary N) is 1. The number of amides is 2. The Morgan fingerprint density at radius 2 is 1.84 bits per heavy atom. The Hall–Kier alpha value is -3.76. The highest BCUT2D eigenvalue weighted by molar-refractivity contribution is 6.24. The fourth-order valence-electron chi connectivity index (χ4n) is 2.49. The number of nitrogens with zero attached hydrogens (tertiary/aromatic N) is 4. The van der Waals surface area contributed by atoms with Crippen LogP contribution in [-0.4, -0.2) is 38.8 Å². The molecule has 7 N–H and O–H groups in total. The van der Waals surface area contributed by atoms with Crippen molar-refractivity contribution in [3.8, 4) is 0 Å². The van der Waals surface area contributed by atoms with Crippen LogP contribution in [0.2, 0.25) is 0 Å². The zero-order valence-electron chi connectivity index (χ0n) is 18.3. The summed E-state index contributed by atoms with van der Waals surface area (Å²) in [5, 5.41) is 6.49. The molecule has 2 heterocycles. The predicted octanol–water partition coefficient (Wildman–Crippen LogP) is 0.864. The highest BCUT2D eigenvalue weighted by Crippen LogP contribution is 2.24. The number of hydrogen-bond donors (Lipinski definition) is 4.